The highest BCUT2D eigenvalue weighted by atomic mass is 19.4. The molecule has 2 aromatic heterocycles. The van der Waals surface area contributed by atoms with Gasteiger partial charge in [0.25, 0.3) is 11.8 Å². The van der Waals surface area contributed by atoms with Crippen molar-refractivity contribution >= 4 is 16.9 Å². The molecule has 0 radical (unpaired) electrons. The lowest BCUT2D eigenvalue weighted by atomic mass is 10.1. The number of furan rings is 1. The van der Waals surface area contributed by atoms with Gasteiger partial charge in [-0.2, -0.15) is 13.2 Å². The van der Waals surface area contributed by atoms with Gasteiger partial charge in [-0.1, -0.05) is 6.07 Å². The number of ether oxygens (including phenoxy) is 2. The molecule has 1 atom stereocenters. The van der Waals surface area contributed by atoms with Crippen LogP contribution < -0.4 is 10.1 Å². The van der Waals surface area contributed by atoms with Gasteiger partial charge in [0.1, 0.15) is 36.3 Å². The highest BCUT2D eigenvalue weighted by molar-refractivity contribution is 6.07. The van der Waals surface area contributed by atoms with Crippen LogP contribution >= 0.6 is 0 Å². The largest absolute Gasteiger partial charge is 0.489 e. The van der Waals surface area contributed by atoms with Crippen molar-refractivity contribution in [3.63, 3.8) is 0 Å². The van der Waals surface area contributed by atoms with Crippen LogP contribution in [0, 0.1) is 6.92 Å². The van der Waals surface area contributed by atoms with Crippen LogP contribution in [0.5, 0.6) is 5.75 Å². The number of pyridine rings is 1. The number of halogens is 5. The van der Waals surface area contributed by atoms with Crippen LogP contribution in [-0.2, 0) is 17.5 Å². The summed E-state index contributed by atoms with van der Waals surface area (Å²) in [6.45, 7) is -0.0218. The summed E-state index contributed by atoms with van der Waals surface area (Å²) in [7, 11) is 0. The number of amides is 1. The lowest BCUT2D eigenvalue weighted by molar-refractivity contribution is -0.142. The Kier molecular flexibility index (Phi) is 5.53. The van der Waals surface area contributed by atoms with Gasteiger partial charge >= 0.3 is 6.18 Å². The molecule has 0 saturated carbocycles. The molecule has 32 heavy (non-hydrogen) atoms. The fourth-order valence-electron chi connectivity index (χ4n) is 3.46. The summed E-state index contributed by atoms with van der Waals surface area (Å²) in [5.74, 6) is -3.61. The van der Waals surface area contributed by atoms with E-state index in [1.54, 1.807) is 0 Å². The van der Waals surface area contributed by atoms with E-state index in [1.807, 2.05) is 0 Å². The zero-order valence-corrected chi connectivity index (χ0v) is 16.6. The summed E-state index contributed by atoms with van der Waals surface area (Å²) >= 11 is 0. The first-order valence-corrected chi connectivity index (χ1v) is 9.50. The van der Waals surface area contributed by atoms with Crippen LogP contribution in [0.2, 0.25) is 0 Å². The number of carbonyl (C=O) groups excluding carboxylic acids is 1. The monoisotopic (exact) mass is 456 g/mol. The number of aromatic nitrogens is 1. The molecule has 1 aliphatic heterocycles. The van der Waals surface area contributed by atoms with Gasteiger partial charge in [0.15, 0.2) is 5.69 Å². The van der Waals surface area contributed by atoms with Gasteiger partial charge in [0.2, 0.25) is 0 Å². The maximum Gasteiger partial charge on any atom is 0.433 e. The number of hydrogen-bond donors (Lipinski definition) is 1. The molecule has 3 aromatic rings. The Morgan fingerprint density at radius 3 is 2.78 bits per heavy atom. The van der Waals surface area contributed by atoms with E-state index in [0.29, 0.717) is 5.58 Å². The molecule has 1 amide bonds. The highest BCUT2D eigenvalue weighted by Crippen LogP contribution is 2.33. The first-order valence-electron chi connectivity index (χ1n) is 9.50. The molecule has 1 saturated heterocycles. The quantitative estimate of drug-likeness (QED) is 0.573. The molecule has 3 heterocycles. The molecule has 1 N–H and O–H groups in total. The van der Waals surface area contributed by atoms with Crippen LogP contribution in [-0.4, -0.2) is 36.1 Å². The van der Waals surface area contributed by atoms with Crippen molar-refractivity contribution in [2.75, 3.05) is 13.2 Å². The van der Waals surface area contributed by atoms with Gasteiger partial charge in [0.05, 0.1) is 12.2 Å². The van der Waals surface area contributed by atoms with E-state index in [-0.39, 0.29) is 34.6 Å². The highest BCUT2D eigenvalue weighted by Gasteiger charge is 2.46. The van der Waals surface area contributed by atoms with E-state index in [4.69, 9.17) is 13.9 Å². The summed E-state index contributed by atoms with van der Waals surface area (Å²) in [5, 5.41) is 2.54. The molecule has 4 rings (SSSR count). The Morgan fingerprint density at radius 1 is 1.31 bits per heavy atom. The van der Waals surface area contributed by atoms with E-state index < -0.39 is 43.0 Å². The fourth-order valence-corrected chi connectivity index (χ4v) is 3.46. The molecular formula is C21H17F5N2O4. The molecule has 1 unspecified atom stereocenters. The average molecular weight is 456 g/mol. The number of nitrogens with one attached hydrogen (secondary N) is 1. The van der Waals surface area contributed by atoms with E-state index >= 15 is 0 Å². The standard InChI is InChI=1S/C21H17F5N2O4/c1-11-17(19(29)28-16-9-30-10-20(16,22)23)14-7-13(4-5-15(14)32-11)31-8-12-3-2-6-27-18(12)21(24,25)26/h2-7,16H,8-10H2,1H3,(H,28,29). The third-order valence-corrected chi connectivity index (χ3v) is 5.01. The minimum Gasteiger partial charge on any atom is -0.489 e. The maximum atomic E-state index is 13.8. The summed E-state index contributed by atoms with van der Waals surface area (Å²) in [5.41, 5.74) is -0.887. The van der Waals surface area contributed by atoms with Gasteiger partial charge in [-0.25, -0.2) is 8.78 Å². The van der Waals surface area contributed by atoms with Crippen molar-refractivity contribution < 1.29 is 40.6 Å². The first kappa shape index (κ1) is 22.0. The topological polar surface area (TPSA) is 73.6 Å². The zero-order valence-electron chi connectivity index (χ0n) is 16.6. The summed E-state index contributed by atoms with van der Waals surface area (Å²) < 4.78 is 82.7. The van der Waals surface area contributed by atoms with Gasteiger partial charge in [-0.05, 0) is 31.2 Å². The van der Waals surface area contributed by atoms with Crippen molar-refractivity contribution in [2.45, 2.75) is 31.7 Å². The molecule has 0 bridgehead atoms. The Balaban J connectivity index is 1.58. The van der Waals surface area contributed by atoms with Gasteiger partial charge in [-0.3, -0.25) is 9.78 Å². The van der Waals surface area contributed by atoms with Crippen molar-refractivity contribution in [1.82, 2.24) is 10.3 Å². The molecule has 11 heteroatoms. The lowest BCUT2D eigenvalue weighted by Crippen LogP contribution is -2.46. The van der Waals surface area contributed by atoms with E-state index in [9.17, 15) is 26.7 Å². The second-order valence-corrected chi connectivity index (χ2v) is 7.29. The summed E-state index contributed by atoms with van der Waals surface area (Å²) in [6.07, 6.45) is -3.60. The first-order chi connectivity index (χ1) is 15.1. The molecule has 0 aliphatic carbocycles. The lowest BCUT2D eigenvalue weighted by Gasteiger charge is -2.18. The van der Waals surface area contributed by atoms with Gasteiger partial charge in [0, 0.05) is 17.1 Å². The number of carbonyl (C=O) groups is 1. The molecule has 1 fully saturated rings. The second-order valence-electron chi connectivity index (χ2n) is 7.29. The normalized spacial score (nSPS) is 18.1. The average Bonchev–Trinajstić information content (AvgIpc) is 3.23. The second kappa shape index (κ2) is 8.05. The maximum absolute atomic E-state index is 13.8. The van der Waals surface area contributed by atoms with Crippen LogP contribution in [0.3, 0.4) is 0 Å². The molecule has 1 aromatic carbocycles. The number of alkyl halides is 5. The molecule has 0 spiro atoms. The Hall–Kier alpha value is -3.21. The zero-order chi connectivity index (χ0) is 23.1. The SMILES string of the molecule is Cc1oc2ccc(OCc3cccnc3C(F)(F)F)cc2c1C(=O)NC1COCC1(F)F. The smallest absolute Gasteiger partial charge is 0.433 e. The van der Waals surface area contributed by atoms with Crippen LogP contribution in [0.4, 0.5) is 22.0 Å². The predicted molar refractivity (Wildman–Crippen MR) is 102 cm³/mol. The van der Waals surface area contributed by atoms with Crippen LogP contribution in [0.15, 0.2) is 40.9 Å². The number of benzene rings is 1. The van der Waals surface area contributed by atoms with Crippen LogP contribution in [0.1, 0.15) is 27.4 Å². The predicted octanol–water partition coefficient (Wildman–Crippen LogP) is 4.50. The van der Waals surface area contributed by atoms with Crippen molar-refractivity contribution in [3.8, 4) is 5.75 Å². The minimum atomic E-state index is -4.64. The molecule has 170 valence electrons. The van der Waals surface area contributed by atoms with E-state index in [1.165, 1.54) is 37.3 Å². The van der Waals surface area contributed by atoms with Gasteiger partial charge < -0.3 is 19.2 Å². The van der Waals surface area contributed by atoms with Gasteiger partial charge in [-0.15, -0.1) is 0 Å². The van der Waals surface area contributed by atoms with E-state index in [0.717, 1.165) is 6.20 Å². The molecular weight excluding hydrogens is 439 g/mol. The third-order valence-electron chi connectivity index (χ3n) is 5.01. The third kappa shape index (κ3) is 4.24. The summed E-state index contributed by atoms with van der Waals surface area (Å²) in [6, 6.07) is 5.49. The van der Waals surface area contributed by atoms with Crippen LogP contribution in [0.25, 0.3) is 11.0 Å². The van der Waals surface area contributed by atoms with E-state index in [2.05, 4.69) is 10.3 Å². The Morgan fingerprint density at radius 2 is 2.09 bits per heavy atom. The Labute approximate surface area is 178 Å². The number of nitrogens with zero attached hydrogens (tertiary/aromatic N) is 1. The number of fused-ring (bicyclic) bond motifs is 1. The Bertz CT molecular complexity index is 1160. The van der Waals surface area contributed by atoms with Crippen molar-refractivity contribution in [1.29, 1.82) is 0 Å². The molecule has 1 aliphatic rings. The minimum absolute atomic E-state index is 0.0329. The fraction of sp³-hybridized carbons (Fsp3) is 0.333. The van der Waals surface area contributed by atoms with Crippen molar-refractivity contribution in [3.05, 3.63) is 59.1 Å². The number of rotatable bonds is 5. The van der Waals surface area contributed by atoms with Crippen molar-refractivity contribution in [2.24, 2.45) is 0 Å². The number of hydrogen-bond acceptors (Lipinski definition) is 5. The molecule has 6 nitrogen and oxygen atoms in total. The summed E-state index contributed by atoms with van der Waals surface area (Å²) in [4.78, 5) is 16.1. The number of aryl methyl sites for hydroxylation is 1.